The van der Waals surface area contributed by atoms with Crippen LogP contribution in [0.2, 0.25) is 0 Å². The molecule has 0 atom stereocenters. The molecule has 0 aliphatic carbocycles. The summed E-state index contributed by atoms with van der Waals surface area (Å²) in [5, 5.41) is 5.46. The number of hydrogen-bond acceptors (Lipinski definition) is 3. The lowest BCUT2D eigenvalue weighted by molar-refractivity contribution is 0.0946. The highest BCUT2D eigenvalue weighted by Gasteiger charge is 2.07. The Morgan fingerprint density at radius 3 is 2.26 bits per heavy atom. The Balaban J connectivity index is 1.99. The molecule has 2 aromatic carbocycles. The Morgan fingerprint density at radius 2 is 1.65 bits per heavy atom. The van der Waals surface area contributed by atoms with E-state index in [0.717, 1.165) is 11.3 Å². The Bertz CT molecular complexity index is 694. The first kappa shape index (κ1) is 16.5. The molecule has 23 heavy (non-hydrogen) atoms. The van der Waals surface area contributed by atoms with Gasteiger partial charge in [-0.15, -0.1) is 0 Å². The van der Waals surface area contributed by atoms with Crippen LogP contribution in [0.15, 0.2) is 48.5 Å². The Labute approximate surface area is 136 Å². The van der Waals surface area contributed by atoms with Crippen LogP contribution in [0.1, 0.15) is 26.3 Å². The first-order chi connectivity index (χ1) is 11.0. The van der Waals surface area contributed by atoms with Gasteiger partial charge in [0.25, 0.3) is 11.8 Å². The summed E-state index contributed by atoms with van der Waals surface area (Å²) in [4.78, 5) is 25.7. The normalized spacial score (nSPS) is 10.0. The maximum Gasteiger partial charge on any atom is 0.251 e. The molecule has 0 saturated carbocycles. The molecule has 120 valence electrons. The van der Waals surface area contributed by atoms with Crippen LogP contribution in [0.4, 0.5) is 5.69 Å². The lowest BCUT2D eigenvalue weighted by atomic mass is 10.1. The summed E-state index contributed by atoms with van der Waals surface area (Å²) in [6.45, 7) is 0.416. The molecule has 0 saturated heterocycles. The number of nitrogens with one attached hydrogen (secondary N) is 2. The fourth-order valence-corrected chi connectivity index (χ4v) is 2.13. The molecule has 2 rings (SSSR count). The van der Waals surface area contributed by atoms with Crippen LogP contribution < -0.4 is 15.5 Å². The van der Waals surface area contributed by atoms with Gasteiger partial charge in [0.2, 0.25) is 0 Å². The van der Waals surface area contributed by atoms with Crippen LogP contribution in [-0.2, 0) is 6.54 Å². The fraction of sp³-hybridized carbons (Fsp3) is 0.222. The third-order valence-electron chi connectivity index (χ3n) is 3.52. The Morgan fingerprint density at radius 1 is 0.957 bits per heavy atom. The summed E-state index contributed by atoms with van der Waals surface area (Å²) in [5.74, 6) is -0.245. The predicted octanol–water partition coefficient (Wildman–Crippen LogP) is 2.04. The smallest absolute Gasteiger partial charge is 0.251 e. The number of anilines is 1. The highest BCUT2D eigenvalue weighted by atomic mass is 16.2. The van der Waals surface area contributed by atoms with E-state index in [4.69, 9.17) is 0 Å². The molecule has 0 spiro atoms. The average Bonchev–Trinajstić information content (AvgIpc) is 2.59. The number of nitrogens with zero attached hydrogens (tertiary/aromatic N) is 1. The topological polar surface area (TPSA) is 61.4 Å². The minimum Gasteiger partial charge on any atom is -0.378 e. The van der Waals surface area contributed by atoms with Crippen molar-refractivity contribution in [1.82, 2.24) is 10.6 Å². The lowest BCUT2D eigenvalue weighted by Crippen LogP contribution is -2.23. The van der Waals surface area contributed by atoms with E-state index in [1.54, 1.807) is 25.2 Å². The number of carbonyl (C=O) groups is 2. The minimum absolute atomic E-state index is 0.121. The van der Waals surface area contributed by atoms with Crippen molar-refractivity contribution in [2.45, 2.75) is 6.54 Å². The molecule has 0 aliphatic rings. The van der Waals surface area contributed by atoms with Crippen molar-refractivity contribution in [3.8, 4) is 0 Å². The highest BCUT2D eigenvalue weighted by Crippen LogP contribution is 2.13. The van der Waals surface area contributed by atoms with Crippen LogP contribution in [-0.4, -0.2) is 33.0 Å². The maximum absolute atomic E-state index is 12.2. The largest absolute Gasteiger partial charge is 0.378 e. The first-order valence-electron chi connectivity index (χ1n) is 7.38. The molecule has 5 nitrogen and oxygen atoms in total. The summed E-state index contributed by atoms with van der Waals surface area (Å²) in [6.07, 6.45) is 0. The van der Waals surface area contributed by atoms with E-state index < -0.39 is 0 Å². The van der Waals surface area contributed by atoms with Crippen molar-refractivity contribution in [2.24, 2.45) is 0 Å². The van der Waals surface area contributed by atoms with Gasteiger partial charge >= 0.3 is 0 Å². The van der Waals surface area contributed by atoms with E-state index in [1.165, 1.54) is 0 Å². The molecule has 0 unspecified atom stereocenters. The average molecular weight is 311 g/mol. The van der Waals surface area contributed by atoms with Crippen LogP contribution in [0.5, 0.6) is 0 Å². The molecule has 2 aromatic rings. The van der Waals surface area contributed by atoms with Crippen molar-refractivity contribution in [3.63, 3.8) is 0 Å². The zero-order chi connectivity index (χ0) is 16.8. The van der Waals surface area contributed by atoms with Crippen molar-refractivity contribution in [2.75, 3.05) is 26.0 Å². The number of rotatable bonds is 5. The summed E-state index contributed by atoms with van der Waals surface area (Å²) in [5.41, 5.74) is 3.14. The summed E-state index contributed by atoms with van der Waals surface area (Å²) in [7, 11) is 5.47. The fourth-order valence-electron chi connectivity index (χ4n) is 2.13. The number of benzene rings is 2. The van der Waals surface area contributed by atoms with Gasteiger partial charge in [-0.05, 0) is 35.9 Å². The molecule has 0 heterocycles. The van der Waals surface area contributed by atoms with E-state index in [2.05, 4.69) is 10.6 Å². The van der Waals surface area contributed by atoms with Gasteiger partial charge in [0, 0.05) is 44.5 Å². The molecule has 0 bridgehead atoms. The number of carbonyl (C=O) groups excluding carboxylic acids is 2. The van der Waals surface area contributed by atoms with E-state index in [-0.39, 0.29) is 11.8 Å². The molecule has 0 aromatic heterocycles. The first-order valence-corrected chi connectivity index (χ1v) is 7.38. The molecule has 0 radical (unpaired) electrons. The van der Waals surface area contributed by atoms with Gasteiger partial charge in [0.15, 0.2) is 0 Å². The van der Waals surface area contributed by atoms with Crippen LogP contribution in [0, 0.1) is 0 Å². The molecule has 0 fully saturated rings. The summed E-state index contributed by atoms with van der Waals surface area (Å²) < 4.78 is 0. The van der Waals surface area contributed by atoms with Crippen molar-refractivity contribution >= 4 is 17.5 Å². The van der Waals surface area contributed by atoms with Gasteiger partial charge in [-0.3, -0.25) is 9.59 Å². The molecular formula is C18H21N3O2. The molecule has 2 amide bonds. The second-order valence-corrected chi connectivity index (χ2v) is 5.40. The molecule has 5 heteroatoms. The lowest BCUT2D eigenvalue weighted by Gasteiger charge is -2.13. The number of hydrogen-bond donors (Lipinski definition) is 2. The number of amides is 2. The Kier molecular flexibility index (Phi) is 5.36. The van der Waals surface area contributed by atoms with Crippen molar-refractivity contribution in [3.05, 3.63) is 65.2 Å². The zero-order valence-electron chi connectivity index (χ0n) is 13.6. The van der Waals surface area contributed by atoms with E-state index >= 15 is 0 Å². The van der Waals surface area contributed by atoms with E-state index in [1.807, 2.05) is 49.3 Å². The standard InChI is InChI=1S/C18H21N3O2/c1-19-17(22)14-9-7-13(8-10-14)12-20-18(23)15-5-4-6-16(11-15)21(2)3/h4-11H,12H2,1-3H3,(H,19,22)(H,20,23). The van der Waals surface area contributed by atoms with Crippen molar-refractivity contribution in [1.29, 1.82) is 0 Å². The quantitative estimate of drug-likeness (QED) is 0.888. The summed E-state index contributed by atoms with van der Waals surface area (Å²) >= 11 is 0. The van der Waals surface area contributed by atoms with Crippen molar-refractivity contribution < 1.29 is 9.59 Å². The third-order valence-corrected chi connectivity index (χ3v) is 3.52. The van der Waals surface area contributed by atoms with E-state index in [0.29, 0.717) is 17.7 Å². The SMILES string of the molecule is CNC(=O)c1ccc(CNC(=O)c2cccc(N(C)C)c2)cc1. The summed E-state index contributed by atoms with van der Waals surface area (Å²) in [6, 6.07) is 14.6. The van der Waals surface area contributed by atoms with Gasteiger partial charge in [-0.25, -0.2) is 0 Å². The third kappa shape index (κ3) is 4.32. The monoisotopic (exact) mass is 311 g/mol. The zero-order valence-corrected chi connectivity index (χ0v) is 13.6. The van der Waals surface area contributed by atoms with Crippen LogP contribution in [0.3, 0.4) is 0 Å². The van der Waals surface area contributed by atoms with Gasteiger partial charge in [0.05, 0.1) is 0 Å². The van der Waals surface area contributed by atoms with Crippen LogP contribution in [0.25, 0.3) is 0 Å². The van der Waals surface area contributed by atoms with Gasteiger partial charge in [-0.2, -0.15) is 0 Å². The predicted molar refractivity (Wildman–Crippen MR) is 91.8 cm³/mol. The van der Waals surface area contributed by atoms with Gasteiger partial charge < -0.3 is 15.5 Å². The van der Waals surface area contributed by atoms with E-state index in [9.17, 15) is 9.59 Å². The van der Waals surface area contributed by atoms with Gasteiger partial charge in [0.1, 0.15) is 0 Å². The molecule has 0 aliphatic heterocycles. The highest BCUT2D eigenvalue weighted by molar-refractivity contribution is 5.95. The second kappa shape index (κ2) is 7.45. The minimum atomic E-state index is -0.124. The van der Waals surface area contributed by atoms with Gasteiger partial charge in [-0.1, -0.05) is 18.2 Å². The maximum atomic E-state index is 12.2. The second-order valence-electron chi connectivity index (χ2n) is 5.40. The molecule has 2 N–H and O–H groups in total. The van der Waals surface area contributed by atoms with Crippen LogP contribution >= 0.6 is 0 Å². The molecular weight excluding hydrogens is 290 g/mol. The Hall–Kier alpha value is -2.82.